The van der Waals surface area contributed by atoms with Crippen LogP contribution >= 0.6 is 50.9 Å². The van der Waals surface area contributed by atoms with Crippen LogP contribution in [0.4, 0.5) is 15.8 Å². The maximum Gasteiger partial charge on any atom is 0.272 e. The molecule has 0 unspecified atom stereocenters. The van der Waals surface area contributed by atoms with Crippen molar-refractivity contribution in [1.82, 2.24) is 5.32 Å². The summed E-state index contributed by atoms with van der Waals surface area (Å²) in [5.74, 6) is -2.97. The summed E-state index contributed by atoms with van der Waals surface area (Å²) in [6.07, 6.45) is 1.44. The number of hydrogen-bond donors (Lipinski definition) is 2. The molecule has 0 bridgehead atoms. The van der Waals surface area contributed by atoms with E-state index < -0.39 is 28.8 Å². The molecule has 0 aliphatic carbocycles. The summed E-state index contributed by atoms with van der Waals surface area (Å²) in [6.45, 7) is 0. The Hall–Kier alpha value is -3.96. The molecular formula is C32H21BrCl2FN3O4S. The van der Waals surface area contributed by atoms with E-state index in [0.29, 0.717) is 31.9 Å². The summed E-state index contributed by atoms with van der Waals surface area (Å²) in [5.41, 5.74) is 0.948. The molecule has 7 nitrogen and oxygen atoms in total. The number of anilines is 2. The van der Waals surface area contributed by atoms with Gasteiger partial charge in [-0.15, -0.1) is 11.8 Å². The van der Waals surface area contributed by atoms with Crippen LogP contribution in [0.1, 0.15) is 22.3 Å². The van der Waals surface area contributed by atoms with E-state index in [9.17, 15) is 23.6 Å². The number of benzene rings is 4. The van der Waals surface area contributed by atoms with Gasteiger partial charge in [0, 0.05) is 31.5 Å². The second-order valence-electron chi connectivity index (χ2n) is 9.53. The van der Waals surface area contributed by atoms with E-state index in [1.165, 1.54) is 54.2 Å². The Bertz CT molecular complexity index is 1800. The second kappa shape index (κ2) is 13.8. The Morgan fingerprint density at radius 3 is 2.34 bits per heavy atom. The monoisotopic (exact) mass is 711 g/mol. The van der Waals surface area contributed by atoms with E-state index in [2.05, 4.69) is 26.6 Å². The van der Waals surface area contributed by atoms with Gasteiger partial charge in [-0.25, -0.2) is 9.29 Å². The van der Waals surface area contributed by atoms with Crippen LogP contribution in [-0.2, 0) is 14.4 Å². The van der Waals surface area contributed by atoms with Crippen molar-refractivity contribution in [3.8, 4) is 0 Å². The van der Waals surface area contributed by atoms with Gasteiger partial charge in [0.1, 0.15) is 11.5 Å². The molecule has 0 radical (unpaired) electrons. The number of thioether (sulfide) groups is 1. The number of rotatable bonds is 8. The lowest BCUT2D eigenvalue weighted by Crippen LogP contribution is -2.31. The maximum absolute atomic E-state index is 14.3. The summed E-state index contributed by atoms with van der Waals surface area (Å²) in [7, 11) is 0. The Labute approximate surface area is 274 Å². The number of carbonyl (C=O) groups excluding carboxylic acids is 4. The van der Waals surface area contributed by atoms with Crippen molar-refractivity contribution in [1.29, 1.82) is 0 Å². The molecule has 0 aromatic heterocycles. The van der Waals surface area contributed by atoms with Gasteiger partial charge < -0.3 is 10.6 Å². The molecule has 4 aromatic rings. The van der Waals surface area contributed by atoms with E-state index in [4.69, 9.17) is 23.2 Å². The molecule has 1 heterocycles. The molecule has 222 valence electrons. The number of halogens is 4. The zero-order valence-electron chi connectivity index (χ0n) is 22.5. The molecule has 4 amide bonds. The van der Waals surface area contributed by atoms with Gasteiger partial charge >= 0.3 is 0 Å². The van der Waals surface area contributed by atoms with Crippen LogP contribution in [0.25, 0.3) is 6.08 Å². The van der Waals surface area contributed by atoms with Crippen molar-refractivity contribution in [2.24, 2.45) is 0 Å². The van der Waals surface area contributed by atoms with Gasteiger partial charge in [-0.1, -0.05) is 69.5 Å². The number of nitrogens with zero attached hydrogens (tertiary/aromatic N) is 1. The Balaban J connectivity index is 1.34. The van der Waals surface area contributed by atoms with Crippen LogP contribution in [0, 0.1) is 5.82 Å². The Morgan fingerprint density at radius 2 is 1.64 bits per heavy atom. The summed E-state index contributed by atoms with van der Waals surface area (Å²) in [4.78, 5) is 53.9. The summed E-state index contributed by atoms with van der Waals surface area (Å²) in [5, 5.41) is 5.15. The molecule has 1 atom stereocenters. The third kappa shape index (κ3) is 7.57. The van der Waals surface area contributed by atoms with Gasteiger partial charge in [-0.2, -0.15) is 0 Å². The van der Waals surface area contributed by atoms with E-state index >= 15 is 0 Å². The fourth-order valence-corrected chi connectivity index (χ4v) is 6.26. The zero-order valence-corrected chi connectivity index (χ0v) is 26.4. The second-order valence-corrected chi connectivity index (χ2v) is 12.6. The highest BCUT2D eigenvalue weighted by Gasteiger charge is 2.40. The summed E-state index contributed by atoms with van der Waals surface area (Å²) in [6, 6.07) is 23.7. The third-order valence-electron chi connectivity index (χ3n) is 6.37. The summed E-state index contributed by atoms with van der Waals surface area (Å²) < 4.78 is 15.1. The van der Waals surface area contributed by atoms with Gasteiger partial charge in [-0.05, 0) is 72.3 Å². The first-order valence-electron chi connectivity index (χ1n) is 13.0. The molecule has 0 spiro atoms. The van der Waals surface area contributed by atoms with Gasteiger partial charge in [0.05, 0.1) is 16.5 Å². The quantitative estimate of drug-likeness (QED) is 0.144. The smallest absolute Gasteiger partial charge is 0.272 e. The van der Waals surface area contributed by atoms with Gasteiger partial charge in [0.15, 0.2) is 0 Å². The van der Waals surface area contributed by atoms with E-state index in [-0.39, 0.29) is 23.6 Å². The molecule has 44 heavy (non-hydrogen) atoms. The van der Waals surface area contributed by atoms with Gasteiger partial charge in [0.2, 0.25) is 11.8 Å². The number of hydrogen-bond acceptors (Lipinski definition) is 5. The van der Waals surface area contributed by atoms with Gasteiger partial charge in [0.25, 0.3) is 11.8 Å². The topological polar surface area (TPSA) is 95.6 Å². The fourth-order valence-electron chi connectivity index (χ4n) is 4.36. The van der Waals surface area contributed by atoms with Crippen molar-refractivity contribution in [2.75, 3.05) is 10.2 Å². The number of imide groups is 1. The van der Waals surface area contributed by atoms with Crippen molar-refractivity contribution in [3.05, 3.63) is 128 Å². The highest BCUT2D eigenvalue weighted by atomic mass is 79.9. The minimum Gasteiger partial charge on any atom is -0.321 e. The standard InChI is InChI=1S/C32H21BrCl2FN3O4S/c33-19-10-8-18(9-11-19)12-27(38-30(41)25-6-1-2-7-26(25)36)31(42)37-22-4-3-5-24(16-22)44-28-17-29(40)39(32(28)43)23-14-20(34)13-21(35)15-23/h1-16,28H,17H2,(H,37,42)(H,38,41)/b27-12+/t28-/m1/s1. The molecule has 12 heteroatoms. The largest absolute Gasteiger partial charge is 0.321 e. The van der Waals surface area contributed by atoms with Crippen LogP contribution < -0.4 is 15.5 Å². The van der Waals surface area contributed by atoms with Crippen molar-refractivity contribution in [3.63, 3.8) is 0 Å². The first-order valence-corrected chi connectivity index (χ1v) is 15.4. The lowest BCUT2D eigenvalue weighted by atomic mass is 10.1. The molecule has 1 aliphatic heterocycles. The summed E-state index contributed by atoms with van der Waals surface area (Å²) >= 11 is 16.7. The molecule has 2 N–H and O–H groups in total. The van der Waals surface area contributed by atoms with Crippen molar-refractivity contribution in [2.45, 2.75) is 16.6 Å². The predicted octanol–water partition coefficient (Wildman–Crippen LogP) is 7.73. The van der Waals surface area contributed by atoms with Crippen LogP contribution in [0.15, 0.2) is 106 Å². The average molecular weight is 713 g/mol. The molecular weight excluding hydrogens is 692 g/mol. The minimum absolute atomic E-state index is 0.0353. The fraction of sp³-hybridized carbons (Fsp3) is 0.0625. The Kier molecular flexibility index (Phi) is 9.85. The van der Waals surface area contributed by atoms with Crippen LogP contribution in [0.2, 0.25) is 10.0 Å². The van der Waals surface area contributed by atoms with Crippen molar-refractivity contribution >= 4 is 92.0 Å². The lowest BCUT2D eigenvalue weighted by molar-refractivity contribution is -0.121. The molecule has 0 saturated carbocycles. The number of amides is 4. The van der Waals surface area contributed by atoms with E-state index in [0.717, 1.165) is 15.4 Å². The van der Waals surface area contributed by atoms with Crippen LogP contribution in [-0.4, -0.2) is 28.9 Å². The first-order chi connectivity index (χ1) is 21.1. The first kappa shape index (κ1) is 31.5. The SMILES string of the molecule is O=C(Nc1cccc(S[C@@H]2CC(=O)N(c3cc(Cl)cc(Cl)c3)C2=O)c1)/C(=C\c1ccc(Br)cc1)NC(=O)c1ccccc1F. The normalized spacial score (nSPS) is 15.0. The van der Waals surface area contributed by atoms with Crippen LogP contribution in [0.5, 0.6) is 0 Å². The van der Waals surface area contributed by atoms with E-state index in [1.54, 1.807) is 48.5 Å². The highest BCUT2D eigenvalue weighted by molar-refractivity contribution is 9.10. The van der Waals surface area contributed by atoms with Gasteiger partial charge in [-0.3, -0.25) is 19.2 Å². The van der Waals surface area contributed by atoms with E-state index in [1.807, 2.05) is 0 Å². The average Bonchev–Trinajstić information content (AvgIpc) is 3.25. The molecule has 1 fully saturated rings. The van der Waals surface area contributed by atoms with Crippen LogP contribution in [0.3, 0.4) is 0 Å². The Morgan fingerprint density at radius 1 is 0.932 bits per heavy atom. The maximum atomic E-state index is 14.3. The zero-order chi connectivity index (χ0) is 31.4. The lowest BCUT2D eigenvalue weighted by Gasteiger charge is -2.16. The third-order valence-corrected chi connectivity index (χ3v) is 8.52. The van der Waals surface area contributed by atoms with Crippen molar-refractivity contribution < 1.29 is 23.6 Å². The molecule has 1 saturated heterocycles. The highest BCUT2D eigenvalue weighted by Crippen LogP contribution is 2.36. The molecule has 4 aromatic carbocycles. The minimum atomic E-state index is -0.791. The molecule has 1 aliphatic rings. The number of nitrogens with one attached hydrogen (secondary N) is 2. The molecule has 5 rings (SSSR count). The number of carbonyl (C=O) groups is 4. The predicted molar refractivity (Wildman–Crippen MR) is 174 cm³/mol.